The third-order valence-corrected chi connectivity index (χ3v) is 4.25. The van der Waals surface area contributed by atoms with Gasteiger partial charge in [0, 0.05) is 19.5 Å². The molecule has 1 N–H and O–H groups in total. The average Bonchev–Trinajstić information content (AvgIpc) is 2.47. The Morgan fingerprint density at radius 3 is 2.27 bits per heavy atom. The van der Waals surface area contributed by atoms with E-state index in [1.165, 1.54) is 4.90 Å². The molecule has 1 aliphatic heterocycles. The van der Waals surface area contributed by atoms with Crippen LogP contribution in [-0.2, 0) is 17.3 Å². The van der Waals surface area contributed by atoms with E-state index in [-0.39, 0.29) is 37.9 Å². The summed E-state index contributed by atoms with van der Waals surface area (Å²) >= 11 is 0. The monoisotopic (exact) mass is 377 g/mol. The number of nitrogens with zero attached hydrogens (tertiary/aromatic N) is 1. The second kappa shape index (κ2) is 7.06. The minimum absolute atomic E-state index is 0.0196. The van der Waals surface area contributed by atoms with Crippen LogP contribution in [0.3, 0.4) is 0 Å². The van der Waals surface area contributed by atoms with E-state index in [0.29, 0.717) is 6.07 Å². The summed E-state index contributed by atoms with van der Waals surface area (Å²) in [6.07, 6.45) is -4.84. The van der Waals surface area contributed by atoms with Crippen molar-refractivity contribution in [3.05, 3.63) is 35.1 Å². The third kappa shape index (κ3) is 5.33. The second-order valence-corrected chi connectivity index (χ2v) is 7.67. The molecule has 0 saturated carbocycles. The van der Waals surface area contributed by atoms with Crippen LogP contribution in [-0.4, -0.2) is 40.4 Å². The SMILES string of the molecule is CC(C)(C)OC(=O)N1CCC(O)(Cc2ccc(C(F)(F)F)cc2F)CC1. The number of carbonyl (C=O) groups excluding carboxylic acids is 1. The highest BCUT2D eigenvalue weighted by atomic mass is 19.4. The fourth-order valence-corrected chi connectivity index (χ4v) is 2.83. The number of alkyl halides is 3. The molecule has 0 atom stereocenters. The van der Waals surface area contributed by atoms with Crippen LogP contribution >= 0.6 is 0 Å². The average molecular weight is 377 g/mol. The highest BCUT2D eigenvalue weighted by Crippen LogP contribution is 2.32. The molecule has 1 amide bonds. The highest BCUT2D eigenvalue weighted by molar-refractivity contribution is 5.68. The van der Waals surface area contributed by atoms with E-state index in [1.54, 1.807) is 20.8 Å². The van der Waals surface area contributed by atoms with Gasteiger partial charge in [-0.15, -0.1) is 0 Å². The first-order valence-corrected chi connectivity index (χ1v) is 8.35. The summed E-state index contributed by atoms with van der Waals surface area (Å²) in [5.41, 5.74) is -2.95. The van der Waals surface area contributed by atoms with Gasteiger partial charge >= 0.3 is 12.3 Å². The van der Waals surface area contributed by atoms with Gasteiger partial charge < -0.3 is 14.7 Å². The topological polar surface area (TPSA) is 49.8 Å². The normalized spacial score (nSPS) is 17.9. The number of carbonyl (C=O) groups is 1. The summed E-state index contributed by atoms with van der Waals surface area (Å²) in [5.74, 6) is -0.997. The van der Waals surface area contributed by atoms with Crippen LogP contribution in [0.1, 0.15) is 44.7 Å². The molecule has 0 aliphatic carbocycles. The molecular weight excluding hydrogens is 354 g/mol. The number of amides is 1. The maximum Gasteiger partial charge on any atom is 0.416 e. The van der Waals surface area contributed by atoms with E-state index in [9.17, 15) is 27.5 Å². The van der Waals surface area contributed by atoms with E-state index in [0.717, 1.165) is 12.1 Å². The van der Waals surface area contributed by atoms with Gasteiger partial charge in [-0.1, -0.05) is 6.07 Å². The second-order valence-electron chi connectivity index (χ2n) is 7.67. The molecule has 2 rings (SSSR count). The Hall–Kier alpha value is -1.83. The number of benzene rings is 1. The van der Waals surface area contributed by atoms with Crippen molar-refractivity contribution in [1.29, 1.82) is 0 Å². The van der Waals surface area contributed by atoms with Crippen molar-refractivity contribution in [2.75, 3.05) is 13.1 Å². The Morgan fingerprint density at radius 1 is 1.23 bits per heavy atom. The zero-order valence-corrected chi connectivity index (χ0v) is 15.0. The quantitative estimate of drug-likeness (QED) is 0.788. The molecule has 1 heterocycles. The number of hydrogen-bond donors (Lipinski definition) is 1. The number of aliphatic hydroxyl groups is 1. The van der Waals surface area contributed by atoms with E-state index in [1.807, 2.05) is 0 Å². The number of hydrogen-bond acceptors (Lipinski definition) is 3. The molecule has 146 valence electrons. The smallest absolute Gasteiger partial charge is 0.416 e. The van der Waals surface area contributed by atoms with E-state index >= 15 is 0 Å². The van der Waals surface area contributed by atoms with E-state index in [2.05, 4.69) is 0 Å². The summed E-state index contributed by atoms with van der Waals surface area (Å²) < 4.78 is 57.1. The fourth-order valence-electron chi connectivity index (χ4n) is 2.83. The Morgan fingerprint density at radius 2 is 1.81 bits per heavy atom. The number of ether oxygens (including phenoxy) is 1. The molecular formula is C18H23F4NO3. The lowest BCUT2D eigenvalue weighted by atomic mass is 9.85. The van der Waals surface area contributed by atoms with Crippen molar-refractivity contribution < 1.29 is 32.2 Å². The summed E-state index contributed by atoms with van der Waals surface area (Å²) in [7, 11) is 0. The molecule has 26 heavy (non-hydrogen) atoms. The lowest BCUT2D eigenvalue weighted by Crippen LogP contribution is -2.49. The van der Waals surface area contributed by atoms with Gasteiger partial charge in [-0.05, 0) is 51.3 Å². The van der Waals surface area contributed by atoms with E-state index < -0.39 is 34.9 Å². The summed E-state index contributed by atoms with van der Waals surface area (Å²) in [6.45, 7) is 5.71. The summed E-state index contributed by atoms with van der Waals surface area (Å²) in [6, 6.07) is 2.29. The zero-order chi connectivity index (χ0) is 19.8. The Balaban J connectivity index is 2.00. The van der Waals surface area contributed by atoms with Gasteiger partial charge in [0.05, 0.1) is 11.2 Å². The van der Waals surface area contributed by atoms with Crippen molar-refractivity contribution in [2.45, 2.75) is 57.4 Å². The van der Waals surface area contributed by atoms with Crippen LogP contribution in [0, 0.1) is 5.82 Å². The Kier molecular flexibility index (Phi) is 5.56. The molecule has 4 nitrogen and oxygen atoms in total. The predicted octanol–water partition coefficient (Wildman–Crippen LogP) is 4.15. The van der Waals surface area contributed by atoms with Crippen LogP contribution in [0.2, 0.25) is 0 Å². The van der Waals surface area contributed by atoms with Gasteiger partial charge in [-0.2, -0.15) is 13.2 Å². The standard InChI is InChI=1S/C18H23F4NO3/c1-16(2,3)26-15(24)23-8-6-17(25,7-9-23)11-12-4-5-13(10-14(12)19)18(20,21)22/h4-5,10,25H,6-9,11H2,1-3H3. The molecule has 1 aromatic rings. The molecule has 1 saturated heterocycles. The van der Waals surface area contributed by atoms with Crippen molar-refractivity contribution in [3.8, 4) is 0 Å². The first kappa shape index (κ1) is 20.5. The zero-order valence-electron chi connectivity index (χ0n) is 15.0. The van der Waals surface area contributed by atoms with Crippen molar-refractivity contribution >= 4 is 6.09 Å². The Bertz CT molecular complexity index is 659. The largest absolute Gasteiger partial charge is 0.444 e. The van der Waals surface area contributed by atoms with Crippen molar-refractivity contribution in [1.82, 2.24) is 4.90 Å². The molecule has 0 unspecified atom stereocenters. The fraction of sp³-hybridized carbons (Fsp3) is 0.611. The predicted molar refractivity (Wildman–Crippen MR) is 87.1 cm³/mol. The van der Waals surface area contributed by atoms with Crippen LogP contribution in [0.5, 0.6) is 0 Å². The van der Waals surface area contributed by atoms with Gasteiger partial charge in [0.1, 0.15) is 11.4 Å². The van der Waals surface area contributed by atoms with Crippen LogP contribution in [0.25, 0.3) is 0 Å². The first-order chi connectivity index (χ1) is 11.8. The number of piperidine rings is 1. The molecule has 0 aromatic heterocycles. The van der Waals surface area contributed by atoms with Gasteiger partial charge in [-0.3, -0.25) is 0 Å². The number of likely N-dealkylation sites (tertiary alicyclic amines) is 1. The highest BCUT2D eigenvalue weighted by Gasteiger charge is 2.37. The number of halogens is 4. The number of rotatable bonds is 2. The minimum Gasteiger partial charge on any atom is -0.444 e. The molecule has 1 aliphatic rings. The molecule has 8 heteroatoms. The molecule has 1 fully saturated rings. The van der Waals surface area contributed by atoms with Gasteiger partial charge in [0.2, 0.25) is 0 Å². The molecule has 0 bridgehead atoms. The molecule has 1 aromatic carbocycles. The maximum absolute atomic E-state index is 14.0. The molecule has 0 spiro atoms. The van der Waals surface area contributed by atoms with Gasteiger partial charge in [0.25, 0.3) is 0 Å². The lowest BCUT2D eigenvalue weighted by molar-refractivity contribution is -0.137. The van der Waals surface area contributed by atoms with Gasteiger partial charge in [-0.25, -0.2) is 9.18 Å². The molecule has 0 radical (unpaired) electrons. The summed E-state index contributed by atoms with van der Waals surface area (Å²) in [5, 5.41) is 10.6. The first-order valence-electron chi connectivity index (χ1n) is 8.35. The van der Waals surface area contributed by atoms with Crippen LogP contribution in [0.15, 0.2) is 18.2 Å². The third-order valence-electron chi connectivity index (χ3n) is 4.25. The van der Waals surface area contributed by atoms with E-state index in [4.69, 9.17) is 4.74 Å². The van der Waals surface area contributed by atoms with Crippen LogP contribution < -0.4 is 0 Å². The minimum atomic E-state index is -4.62. The maximum atomic E-state index is 14.0. The summed E-state index contributed by atoms with van der Waals surface area (Å²) in [4.78, 5) is 13.5. The van der Waals surface area contributed by atoms with Crippen molar-refractivity contribution in [2.24, 2.45) is 0 Å². The Labute approximate surface area is 149 Å². The van der Waals surface area contributed by atoms with Gasteiger partial charge in [0.15, 0.2) is 0 Å². The lowest BCUT2D eigenvalue weighted by Gasteiger charge is -2.38. The van der Waals surface area contributed by atoms with Crippen molar-refractivity contribution in [3.63, 3.8) is 0 Å². The van der Waals surface area contributed by atoms with Crippen LogP contribution in [0.4, 0.5) is 22.4 Å².